The number of carbonyl (C=O) groups is 3. The number of nitrogens with one attached hydrogen (secondary N) is 2. The fourth-order valence-corrected chi connectivity index (χ4v) is 3.71. The molecule has 2 amide bonds. The Morgan fingerprint density at radius 1 is 1.07 bits per heavy atom. The molecule has 13 nitrogen and oxygen atoms in total. The van der Waals surface area contributed by atoms with E-state index in [1.165, 1.54) is 4.90 Å². The van der Waals surface area contributed by atoms with Gasteiger partial charge in [-0.15, -0.1) is 0 Å². The zero-order valence-corrected chi connectivity index (χ0v) is 23.4. The number of nitrogens with zero attached hydrogens (tertiary/aromatic N) is 4. The fourth-order valence-electron chi connectivity index (χ4n) is 3.71. The van der Waals surface area contributed by atoms with Crippen LogP contribution in [-0.4, -0.2) is 95.6 Å². The van der Waals surface area contributed by atoms with Crippen LogP contribution in [0.4, 0.5) is 24.9 Å². The summed E-state index contributed by atoms with van der Waals surface area (Å²) >= 11 is 0. The van der Waals surface area contributed by atoms with Gasteiger partial charge in [-0.3, -0.25) is 9.59 Å². The van der Waals surface area contributed by atoms with E-state index in [4.69, 9.17) is 25.1 Å². The van der Waals surface area contributed by atoms with Gasteiger partial charge in [0, 0.05) is 40.4 Å². The summed E-state index contributed by atoms with van der Waals surface area (Å²) in [6.45, 7) is 4.41. The Balaban J connectivity index is 0.000000782. The van der Waals surface area contributed by atoms with Crippen molar-refractivity contribution in [3.63, 3.8) is 0 Å². The lowest BCUT2D eigenvalue weighted by atomic mass is 10.2. The van der Waals surface area contributed by atoms with E-state index >= 15 is 0 Å². The summed E-state index contributed by atoms with van der Waals surface area (Å²) in [5.74, 6) is -2.66. The summed E-state index contributed by atoms with van der Waals surface area (Å²) in [5.41, 5.74) is 7.33. The molecule has 42 heavy (non-hydrogen) atoms. The number of hydrogen-bond donors (Lipinski definition) is 4. The molecule has 0 aliphatic heterocycles. The molecule has 16 heteroatoms. The van der Waals surface area contributed by atoms with Crippen LogP contribution in [0.5, 0.6) is 0 Å². The van der Waals surface area contributed by atoms with Crippen LogP contribution in [0, 0.1) is 0 Å². The third-order valence-electron chi connectivity index (χ3n) is 5.52. The minimum atomic E-state index is -5.08. The second-order valence-corrected chi connectivity index (χ2v) is 8.67. The smallest absolute Gasteiger partial charge is 0.475 e. The SMILES string of the molecule is CCNc1nc(NCCOC)nc2c1cc(C(=O)N(CC(N)=O)Cc1ccccc1)n2CCOC.O=C(O)C(F)(F)F. The minimum absolute atomic E-state index is 0.213. The highest BCUT2D eigenvalue weighted by atomic mass is 19.4. The number of alkyl halides is 3. The van der Waals surface area contributed by atoms with Crippen molar-refractivity contribution >= 4 is 40.6 Å². The molecule has 3 aromatic rings. The van der Waals surface area contributed by atoms with Gasteiger partial charge in [0.05, 0.1) is 18.6 Å². The van der Waals surface area contributed by atoms with Gasteiger partial charge < -0.3 is 40.4 Å². The predicted octanol–water partition coefficient (Wildman–Crippen LogP) is 2.33. The van der Waals surface area contributed by atoms with Gasteiger partial charge >= 0.3 is 12.1 Å². The number of aliphatic carboxylic acids is 1. The highest BCUT2D eigenvalue weighted by molar-refractivity contribution is 6.02. The molecule has 0 saturated heterocycles. The van der Waals surface area contributed by atoms with Crippen LogP contribution in [0.2, 0.25) is 0 Å². The first-order chi connectivity index (χ1) is 19.9. The summed E-state index contributed by atoms with van der Waals surface area (Å²) in [4.78, 5) is 45.2. The highest BCUT2D eigenvalue weighted by Gasteiger charge is 2.38. The third-order valence-corrected chi connectivity index (χ3v) is 5.52. The van der Waals surface area contributed by atoms with E-state index in [9.17, 15) is 22.8 Å². The van der Waals surface area contributed by atoms with E-state index in [-0.39, 0.29) is 19.0 Å². The number of carboxylic acid groups (broad SMARTS) is 1. The van der Waals surface area contributed by atoms with Gasteiger partial charge in [0.15, 0.2) is 0 Å². The summed E-state index contributed by atoms with van der Waals surface area (Å²) < 4.78 is 43.9. The van der Waals surface area contributed by atoms with Gasteiger partial charge in [-0.2, -0.15) is 23.1 Å². The molecule has 1 aromatic carbocycles. The summed E-state index contributed by atoms with van der Waals surface area (Å²) in [5, 5.41) is 14.2. The highest BCUT2D eigenvalue weighted by Crippen LogP contribution is 2.27. The largest absolute Gasteiger partial charge is 0.490 e. The Morgan fingerprint density at radius 2 is 1.71 bits per heavy atom. The molecular formula is C26H34F3N7O6. The van der Waals surface area contributed by atoms with Gasteiger partial charge in [-0.1, -0.05) is 30.3 Å². The second kappa shape index (κ2) is 16.1. The summed E-state index contributed by atoms with van der Waals surface area (Å²) in [6, 6.07) is 11.2. The zero-order valence-electron chi connectivity index (χ0n) is 23.4. The number of carboxylic acids is 1. The number of nitrogens with two attached hydrogens (primary N) is 1. The van der Waals surface area contributed by atoms with Crippen LogP contribution in [0.25, 0.3) is 11.0 Å². The van der Waals surface area contributed by atoms with E-state index in [0.717, 1.165) is 5.56 Å². The van der Waals surface area contributed by atoms with Gasteiger partial charge in [0.25, 0.3) is 5.91 Å². The number of hydrogen-bond acceptors (Lipinski definition) is 9. The monoisotopic (exact) mass is 597 g/mol. The maximum Gasteiger partial charge on any atom is 0.490 e. The standard InChI is InChI=1S/C24H33N7O4.C2HF3O2/c1-4-26-21-18-14-19(23(33)30(16-20(25)32)15-17-8-6-5-7-9-17)31(11-13-35-3)22(18)29-24(28-21)27-10-12-34-2;3-2(4,5)1(6)7/h5-9,14H,4,10-13,15-16H2,1-3H3,(H2,25,32)(H2,26,27,28,29);(H,6,7). The number of primary amides is 1. The first-order valence-corrected chi connectivity index (χ1v) is 12.7. The number of benzene rings is 1. The molecule has 0 fully saturated rings. The number of anilines is 2. The van der Waals surface area contributed by atoms with Gasteiger partial charge in [-0.05, 0) is 18.6 Å². The van der Waals surface area contributed by atoms with Gasteiger partial charge in [-0.25, -0.2) is 4.79 Å². The molecule has 0 saturated carbocycles. The number of rotatable bonds is 14. The maximum absolute atomic E-state index is 13.8. The first-order valence-electron chi connectivity index (χ1n) is 12.7. The maximum atomic E-state index is 13.8. The lowest BCUT2D eigenvalue weighted by Crippen LogP contribution is -2.39. The van der Waals surface area contributed by atoms with Crippen molar-refractivity contribution in [3.8, 4) is 0 Å². The van der Waals surface area contributed by atoms with Crippen molar-refractivity contribution < 1.29 is 42.1 Å². The van der Waals surface area contributed by atoms with E-state index in [1.807, 2.05) is 37.3 Å². The van der Waals surface area contributed by atoms with E-state index in [0.29, 0.717) is 61.3 Å². The molecule has 3 rings (SSSR count). The summed E-state index contributed by atoms with van der Waals surface area (Å²) in [7, 11) is 3.22. The molecule has 2 heterocycles. The number of halogens is 3. The Bertz CT molecular complexity index is 1340. The molecule has 0 unspecified atom stereocenters. The molecule has 0 aliphatic rings. The van der Waals surface area contributed by atoms with E-state index in [1.54, 1.807) is 24.9 Å². The predicted molar refractivity (Wildman–Crippen MR) is 148 cm³/mol. The topological polar surface area (TPSA) is 174 Å². The lowest BCUT2D eigenvalue weighted by Gasteiger charge is -2.22. The van der Waals surface area contributed by atoms with E-state index in [2.05, 4.69) is 20.6 Å². The molecule has 0 atom stereocenters. The van der Waals surface area contributed by atoms with Crippen molar-refractivity contribution in [3.05, 3.63) is 47.7 Å². The first kappa shape index (κ1) is 33.8. The van der Waals surface area contributed by atoms with Crippen LogP contribution in [-0.2, 0) is 32.2 Å². The molecule has 0 aliphatic carbocycles. The number of aromatic nitrogens is 3. The van der Waals surface area contributed by atoms with Crippen LogP contribution >= 0.6 is 0 Å². The number of carbonyl (C=O) groups excluding carboxylic acids is 2. The van der Waals surface area contributed by atoms with Crippen molar-refractivity contribution in [1.29, 1.82) is 0 Å². The molecule has 2 aromatic heterocycles. The van der Waals surface area contributed by atoms with Gasteiger partial charge in [0.1, 0.15) is 23.7 Å². The Morgan fingerprint density at radius 3 is 2.26 bits per heavy atom. The van der Waals surface area contributed by atoms with E-state index < -0.39 is 18.1 Å². The molecule has 0 radical (unpaired) electrons. The Labute approximate surface area is 239 Å². The number of amides is 2. The average Bonchev–Trinajstić information content (AvgIpc) is 3.30. The lowest BCUT2D eigenvalue weighted by molar-refractivity contribution is -0.192. The van der Waals surface area contributed by atoms with Crippen LogP contribution in [0.3, 0.4) is 0 Å². The molecule has 0 bridgehead atoms. The quantitative estimate of drug-likeness (QED) is 0.202. The summed E-state index contributed by atoms with van der Waals surface area (Å²) in [6.07, 6.45) is -5.08. The van der Waals surface area contributed by atoms with Crippen LogP contribution in [0.1, 0.15) is 23.0 Å². The van der Waals surface area contributed by atoms with Crippen molar-refractivity contribution in [2.45, 2.75) is 26.2 Å². The minimum Gasteiger partial charge on any atom is -0.475 e. The van der Waals surface area contributed by atoms with Gasteiger partial charge in [0.2, 0.25) is 11.9 Å². The molecule has 5 N–H and O–H groups in total. The van der Waals surface area contributed by atoms with Crippen molar-refractivity contribution in [2.24, 2.45) is 5.73 Å². The average molecular weight is 598 g/mol. The van der Waals surface area contributed by atoms with Crippen molar-refractivity contribution in [2.75, 3.05) is 57.7 Å². The normalized spacial score (nSPS) is 11.0. The molecular weight excluding hydrogens is 563 g/mol. The number of ether oxygens (including phenoxy) is 2. The van der Waals surface area contributed by atoms with Crippen LogP contribution < -0.4 is 16.4 Å². The number of fused-ring (bicyclic) bond motifs is 1. The van der Waals surface area contributed by atoms with Crippen LogP contribution in [0.15, 0.2) is 36.4 Å². The molecule has 230 valence electrons. The zero-order chi connectivity index (χ0) is 31.3. The van der Waals surface area contributed by atoms with Crippen molar-refractivity contribution in [1.82, 2.24) is 19.4 Å². The Kier molecular flexibility index (Phi) is 13.0. The number of methoxy groups -OCH3 is 2. The fraction of sp³-hybridized carbons (Fsp3) is 0.423. The second-order valence-electron chi connectivity index (χ2n) is 8.67. The Hall–Kier alpha value is -4.44. The third kappa shape index (κ3) is 9.88. The molecule has 0 spiro atoms.